The van der Waals surface area contributed by atoms with E-state index >= 15 is 0 Å². The average molecular weight is 292 g/mol. The molecule has 0 saturated carbocycles. The molecule has 1 rings (SSSR count). The number of amides is 1. The predicted molar refractivity (Wildman–Crippen MR) is 66.6 cm³/mol. The van der Waals surface area contributed by atoms with Crippen molar-refractivity contribution in [1.82, 2.24) is 5.32 Å². The lowest BCUT2D eigenvalue weighted by Crippen LogP contribution is -2.38. The summed E-state index contributed by atoms with van der Waals surface area (Å²) >= 11 is 0. The third kappa shape index (κ3) is 4.19. The summed E-state index contributed by atoms with van der Waals surface area (Å²) in [5.74, 6) is -2.10. The molecular weight excluding hydrogens is 276 g/mol. The quantitative estimate of drug-likeness (QED) is 0.838. The van der Waals surface area contributed by atoms with Gasteiger partial charge in [0, 0.05) is 12.1 Å². The van der Waals surface area contributed by atoms with Gasteiger partial charge in [0.2, 0.25) is 0 Å². The first-order valence-corrected chi connectivity index (χ1v) is 5.92. The zero-order valence-corrected chi connectivity index (χ0v) is 11.1. The Hall–Kier alpha value is -1.63. The van der Waals surface area contributed by atoms with E-state index in [0.29, 0.717) is 18.7 Å². The van der Waals surface area contributed by atoms with E-state index in [9.17, 15) is 22.4 Å². The van der Waals surface area contributed by atoms with Crippen molar-refractivity contribution in [3.05, 3.63) is 35.1 Å². The van der Waals surface area contributed by atoms with Crippen molar-refractivity contribution in [1.29, 1.82) is 0 Å². The predicted octanol–water partition coefficient (Wildman–Crippen LogP) is 2.56. The molecule has 0 spiro atoms. The molecule has 0 bridgehead atoms. The van der Waals surface area contributed by atoms with Crippen LogP contribution in [0, 0.1) is 11.2 Å². The third-order valence-electron chi connectivity index (χ3n) is 2.81. The fourth-order valence-electron chi connectivity index (χ4n) is 1.38. The molecule has 0 aliphatic carbocycles. The number of carbonyl (C=O) groups excluding carboxylic acids is 1. The summed E-state index contributed by atoms with van der Waals surface area (Å²) in [5, 5.41) is 2.48. The van der Waals surface area contributed by atoms with Gasteiger partial charge in [-0.05, 0) is 30.2 Å². The number of benzene rings is 1. The molecule has 0 atom stereocenters. The van der Waals surface area contributed by atoms with Crippen LogP contribution in [0.1, 0.15) is 29.8 Å². The van der Waals surface area contributed by atoms with E-state index in [0.717, 1.165) is 6.07 Å². The van der Waals surface area contributed by atoms with Crippen LogP contribution in [0.4, 0.5) is 17.6 Å². The van der Waals surface area contributed by atoms with E-state index in [1.165, 1.54) is 0 Å². The lowest BCUT2D eigenvalue weighted by atomic mass is 9.94. The molecular formula is C13H16F4N2O. The van der Waals surface area contributed by atoms with E-state index in [1.807, 2.05) is 0 Å². The summed E-state index contributed by atoms with van der Waals surface area (Å²) in [6.45, 7) is 4.13. The van der Waals surface area contributed by atoms with E-state index in [4.69, 9.17) is 5.73 Å². The van der Waals surface area contributed by atoms with Crippen LogP contribution in [-0.2, 0) is 6.18 Å². The van der Waals surface area contributed by atoms with Crippen LogP contribution in [0.25, 0.3) is 0 Å². The molecule has 1 aromatic rings. The number of halogens is 4. The topological polar surface area (TPSA) is 55.1 Å². The van der Waals surface area contributed by atoms with Crippen molar-refractivity contribution in [3.8, 4) is 0 Å². The van der Waals surface area contributed by atoms with Crippen molar-refractivity contribution in [2.24, 2.45) is 11.1 Å². The van der Waals surface area contributed by atoms with E-state index in [2.05, 4.69) is 5.32 Å². The van der Waals surface area contributed by atoms with Crippen molar-refractivity contribution >= 4 is 5.91 Å². The lowest BCUT2D eigenvalue weighted by Gasteiger charge is -2.22. The Balaban J connectivity index is 2.90. The maximum atomic E-state index is 13.1. The summed E-state index contributed by atoms with van der Waals surface area (Å²) in [7, 11) is 0. The molecule has 1 aromatic carbocycles. The molecule has 0 aromatic heterocycles. The zero-order valence-electron chi connectivity index (χ0n) is 11.1. The second-order valence-electron chi connectivity index (χ2n) is 5.24. The summed E-state index contributed by atoms with van der Waals surface area (Å²) in [4.78, 5) is 11.8. The van der Waals surface area contributed by atoms with Gasteiger partial charge in [-0.3, -0.25) is 4.79 Å². The first kappa shape index (κ1) is 16.4. The van der Waals surface area contributed by atoms with Crippen LogP contribution in [0.5, 0.6) is 0 Å². The number of nitrogens with one attached hydrogen (secondary N) is 1. The Bertz CT molecular complexity index is 498. The highest BCUT2D eigenvalue weighted by molar-refractivity contribution is 5.94. The molecule has 0 heterocycles. The molecule has 0 aliphatic heterocycles. The molecule has 0 saturated heterocycles. The molecule has 7 heteroatoms. The number of rotatable bonds is 4. The SMILES string of the molecule is CC(C)(CN)CNC(=O)c1ccc(F)c(C(F)(F)F)c1. The first-order valence-electron chi connectivity index (χ1n) is 5.92. The van der Waals surface area contributed by atoms with Crippen molar-refractivity contribution < 1.29 is 22.4 Å². The Morgan fingerprint density at radius 1 is 1.30 bits per heavy atom. The monoisotopic (exact) mass is 292 g/mol. The van der Waals surface area contributed by atoms with Crippen LogP contribution in [0.15, 0.2) is 18.2 Å². The fraction of sp³-hybridized carbons (Fsp3) is 0.462. The Kier molecular flexibility index (Phi) is 4.75. The second kappa shape index (κ2) is 5.78. The Morgan fingerprint density at radius 2 is 1.90 bits per heavy atom. The Morgan fingerprint density at radius 3 is 2.40 bits per heavy atom. The summed E-state index contributed by atoms with van der Waals surface area (Å²) in [5.41, 5.74) is 3.41. The molecule has 0 unspecified atom stereocenters. The van der Waals surface area contributed by atoms with Crippen molar-refractivity contribution in [2.45, 2.75) is 20.0 Å². The van der Waals surface area contributed by atoms with Gasteiger partial charge in [-0.1, -0.05) is 13.8 Å². The minimum absolute atomic E-state index is 0.209. The van der Waals surface area contributed by atoms with Crippen LogP contribution < -0.4 is 11.1 Å². The molecule has 0 fully saturated rings. The highest BCUT2D eigenvalue weighted by Crippen LogP contribution is 2.31. The van der Waals surface area contributed by atoms with Gasteiger partial charge in [-0.25, -0.2) is 4.39 Å². The number of alkyl halides is 3. The van der Waals surface area contributed by atoms with Crippen LogP contribution in [0.2, 0.25) is 0 Å². The van der Waals surface area contributed by atoms with Crippen LogP contribution in [-0.4, -0.2) is 19.0 Å². The van der Waals surface area contributed by atoms with Gasteiger partial charge >= 0.3 is 6.18 Å². The number of hydrogen-bond acceptors (Lipinski definition) is 2. The lowest BCUT2D eigenvalue weighted by molar-refractivity contribution is -0.140. The van der Waals surface area contributed by atoms with Crippen molar-refractivity contribution in [3.63, 3.8) is 0 Å². The molecule has 3 N–H and O–H groups in total. The minimum atomic E-state index is -4.84. The van der Waals surface area contributed by atoms with E-state index < -0.39 is 23.5 Å². The average Bonchev–Trinajstić information content (AvgIpc) is 2.35. The van der Waals surface area contributed by atoms with Gasteiger partial charge in [0.15, 0.2) is 0 Å². The summed E-state index contributed by atoms with van der Waals surface area (Å²) in [6, 6.07) is 2.14. The normalized spacial score (nSPS) is 12.3. The van der Waals surface area contributed by atoms with E-state index in [1.54, 1.807) is 13.8 Å². The van der Waals surface area contributed by atoms with Gasteiger partial charge < -0.3 is 11.1 Å². The number of nitrogens with two attached hydrogens (primary N) is 1. The standard InChI is InChI=1S/C13H16F4N2O/c1-12(2,6-18)7-19-11(20)8-3-4-10(14)9(5-8)13(15,16)17/h3-5H,6-7,18H2,1-2H3,(H,19,20). The van der Waals surface area contributed by atoms with Gasteiger partial charge in [0.05, 0.1) is 5.56 Å². The molecule has 20 heavy (non-hydrogen) atoms. The minimum Gasteiger partial charge on any atom is -0.351 e. The molecule has 1 amide bonds. The first-order chi connectivity index (χ1) is 9.07. The van der Waals surface area contributed by atoms with Crippen molar-refractivity contribution in [2.75, 3.05) is 13.1 Å². The summed E-state index contributed by atoms with van der Waals surface area (Å²) in [6.07, 6.45) is -4.84. The zero-order chi connectivity index (χ0) is 15.6. The fourth-order valence-corrected chi connectivity index (χ4v) is 1.38. The van der Waals surface area contributed by atoms with Gasteiger partial charge in [-0.15, -0.1) is 0 Å². The third-order valence-corrected chi connectivity index (χ3v) is 2.81. The van der Waals surface area contributed by atoms with Gasteiger partial charge in [0.1, 0.15) is 5.82 Å². The highest BCUT2D eigenvalue weighted by atomic mass is 19.4. The van der Waals surface area contributed by atoms with Gasteiger partial charge in [-0.2, -0.15) is 13.2 Å². The van der Waals surface area contributed by atoms with Crippen LogP contribution >= 0.6 is 0 Å². The molecule has 3 nitrogen and oxygen atoms in total. The highest BCUT2D eigenvalue weighted by Gasteiger charge is 2.34. The van der Waals surface area contributed by atoms with Crippen LogP contribution in [0.3, 0.4) is 0 Å². The maximum absolute atomic E-state index is 13.1. The van der Waals surface area contributed by atoms with E-state index in [-0.39, 0.29) is 17.5 Å². The molecule has 0 radical (unpaired) electrons. The largest absolute Gasteiger partial charge is 0.419 e. The molecule has 112 valence electrons. The Labute approximate surface area is 114 Å². The number of hydrogen-bond donors (Lipinski definition) is 2. The molecule has 0 aliphatic rings. The maximum Gasteiger partial charge on any atom is 0.419 e. The second-order valence-corrected chi connectivity index (χ2v) is 5.24. The van der Waals surface area contributed by atoms with Gasteiger partial charge in [0.25, 0.3) is 5.91 Å². The smallest absolute Gasteiger partial charge is 0.351 e. The number of carbonyl (C=O) groups is 1. The summed E-state index contributed by atoms with van der Waals surface area (Å²) < 4.78 is 50.7.